The van der Waals surface area contributed by atoms with Crippen molar-refractivity contribution in [2.75, 3.05) is 26.8 Å². The Bertz CT molecular complexity index is 732. The molecule has 172 valence electrons. The number of unbranched alkanes of at least 4 members (excludes halogenated alkanes) is 2. The van der Waals surface area contributed by atoms with Gasteiger partial charge in [-0.3, -0.25) is 25.3 Å². The van der Waals surface area contributed by atoms with Crippen LogP contribution >= 0.6 is 0 Å². The number of rotatable bonds is 10. The predicted molar refractivity (Wildman–Crippen MR) is 116 cm³/mol. The summed E-state index contributed by atoms with van der Waals surface area (Å²) in [6.07, 6.45) is 6.41. The monoisotopic (exact) mass is 433 g/mol. The Morgan fingerprint density at radius 1 is 1.13 bits per heavy atom. The van der Waals surface area contributed by atoms with Crippen molar-refractivity contribution < 1.29 is 19.4 Å². The summed E-state index contributed by atoms with van der Waals surface area (Å²) < 4.78 is 5.99. The molecule has 0 spiro atoms. The van der Waals surface area contributed by atoms with Gasteiger partial charge >= 0.3 is 6.03 Å². The maximum absolute atomic E-state index is 12.9. The molecule has 0 aromatic carbocycles. The van der Waals surface area contributed by atoms with Gasteiger partial charge in [-0.25, -0.2) is 4.79 Å². The summed E-state index contributed by atoms with van der Waals surface area (Å²) in [7, 11) is 1.55. The number of imide groups is 1. The van der Waals surface area contributed by atoms with Gasteiger partial charge in [0.1, 0.15) is 24.6 Å². The second-order valence-corrected chi connectivity index (χ2v) is 8.76. The first-order valence-corrected chi connectivity index (χ1v) is 11.2. The summed E-state index contributed by atoms with van der Waals surface area (Å²) in [5.74, 6) is 0.791. The molecule has 3 N–H and O–H groups in total. The number of likely N-dealkylation sites (N-methyl/N-ethyl adjacent to an activating group) is 1. The molecule has 2 saturated heterocycles. The van der Waals surface area contributed by atoms with Gasteiger partial charge in [-0.1, -0.05) is 26.7 Å². The highest BCUT2D eigenvalue weighted by Crippen LogP contribution is 2.24. The number of aliphatic hydroxyl groups is 1. The highest BCUT2D eigenvalue weighted by Gasteiger charge is 2.50. The van der Waals surface area contributed by atoms with Crippen LogP contribution in [0.2, 0.25) is 0 Å². The summed E-state index contributed by atoms with van der Waals surface area (Å²) in [5.41, 5.74) is 0. The lowest BCUT2D eigenvalue weighted by Gasteiger charge is -2.51. The van der Waals surface area contributed by atoms with Gasteiger partial charge in [0.15, 0.2) is 0 Å². The van der Waals surface area contributed by atoms with Crippen molar-refractivity contribution in [2.45, 2.75) is 63.8 Å². The van der Waals surface area contributed by atoms with Crippen LogP contribution in [0.1, 0.15) is 39.5 Å². The first-order chi connectivity index (χ1) is 14.9. The molecule has 0 aliphatic carbocycles. The molecule has 1 aromatic rings. The average molecular weight is 434 g/mol. The fraction of sp³-hybridized carbons (Fsp3) is 0.682. The van der Waals surface area contributed by atoms with E-state index >= 15 is 0 Å². The quantitative estimate of drug-likeness (QED) is 0.476. The van der Waals surface area contributed by atoms with Crippen molar-refractivity contribution in [1.29, 1.82) is 0 Å². The number of nitrogens with one attached hydrogen (secondary N) is 2. The van der Waals surface area contributed by atoms with Crippen LogP contribution in [0.5, 0.6) is 5.75 Å². The summed E-state index contributed by atoms with van der Waals surface area (Å²) in [5, 5.41) is 16.1. The van der Waals surface area contributed by atoms with Crippen molar-refractivity contribution in [3.63, 3.8) is 0 Å². The minimum atomic E-state index is -0.499. The molecule has 3 amide bonds. The topological polar surface area (TPSA) is 107 Å². The lowest BCUT2D eigenvalue weighted by Crippen LogP contribution is -2.79. The lowest BCUT2D eigenvalue weighted by atomic mass is 9.93. The molecule has 3 rings (SSSR count). The molecular formula is C22H35N5O4. The molecule has 0 saturated carbocycles. The van der Waals surface area contributed by atoms with Gasteiger partial charge < -0.3 is 14.7 Å². The first-order valence-electron chi connectivity index (χ1n) is 11.2. The molecule has 2 aliphatic heterocycles. The van der Waals surface area contributed by atoms with E-state index in [1.54, 1.807) is 24.3 Å². The van der Waals surface area contributed by atoms with Crippen LogP contribution in [0.3, 0.4) is 0 Å². The van der Waals surface area contributed by atoms with Crippen LogP contribution in [0.4, 0.5) is 4.79 Å². The average Bonchev–Trinajstić information content (AvgIpc) is 2.77. The number of amides is 3. The van der Waals surface area contributed by atoms with Crippen LogP contribution in [0.15, 0.2) is 24.5 Å². The maximum atomic E-state index is 12.9. The Labute approximate surface area is 184 Å². The number of urea groups is 1. The third-order valence-corrected chi connectivity index (χ3v) is 5.86. The maximum Gasteiger partial charge on any atom is 0.327 e. The van der Waals surface area contributed by atoms with E-state index in [0.717, 1.165) is 31.4 Å². The molecule has 2 fully saturated rings. The third-order valence-electron chi connectivity index (χ3n) is 5.86. The molecule has 1 aromatic heterocycles. The van der Waals surface area contributed by atoms with Crippen LogP contribution < -0.4 is 15.4 Å². The van der Waals surface area contributed by atoms with Gasteiger partial charge in [-0.2, -0.15) is 0 Å². The van der Waals surface area contributed by atoms with Gasteiger partial charge in [0.2, 0.25) is 0 Å². The van der Waals surface area contributed by atoms with Gasteiger partial charge in [0.05, 0.1) is 6.04 Å². The predicted octanol–water partition coefficient (Wildman–Crippen LogP) is 1.19. The summed E-state index contributed by atoms with van der Waals surface area (Å²) >= 11 is 0. The highest BCUT2D eigenvalue weighted by molar-refractivity contribution is 6.00. The normalized spacial score (nSPS) is 26.4. The number of pyridine rings is 1. The van der Waals surface area contributed by atoms with E-state index in [4.69, 9.17) is 9.84 Å². The van der Waals surface area contributed by atoms with Crippen molar-refractivity contribution in [2.24, 2.45) is 5.92 Å². The van der Waals surface area contributed by atoms with Crippen LogP contribution in [0, 0.1) is 5.92 Å². The summed E-state index contributed by atoms with van der Waals surface area (Å²) in [4.78, 5) is 32.7. The molecule has 4 atom stereocenters. The molecule has 31 heavy (non-hydrogen) atoms. The molecule has 2 aliphatic rings. The Morgan fingerprint density at radius 2 is 1.87 bits per heavy atom. The molecule has 9 heteroatoms. The van der Waals surface area contributed by atoms with Gasteiger partial charge in [0, 0.05) is 38.6 Å². The van der Waals surface area contributed by atoms with E-state index in [2.05, 4.69) is 29.5 Å². The number of hydrogen-bond acceptors (Lipinski definition) is 7. The number of carbonyl (C=O) groups is 2. The highest BCUT2D eigenvalue weighted by atomic mass is 16.5. The SMILES string of the molecule is CC(C)CN1C(=O)N(C)C(=O)C2NC(CCCCCO)C(COc3ccncc3)NC21. The summed E-state index contributed by atoms with van der Waals surface area (Å²) in [6, 6.07) is 2.77. The number of aromatic nitrogens is 1. The minimum absolute atomic E-state index is 0.00762. The van der Waals surface area contributed by atoms with Gasteiger partial charge in [-0.05, 0) is 30.9 Å². The zero-order valence-electron chi connectivity index (χ0n) is 18.7. The molecule has 9 nitrogen and oxygen atoms in total. The van der Waals surface area contributed by atoms with E-state index in [0.29, 0.717) is 13.2 Å². The number of piperazine rings is 1. The number of ether oxygens (including phenoxy) is 1. The van der Waals surface area contributed by atoms with E-state index in [1.165, 1.54) is 4.90 Å². The smallest absolute Gasteiger partial charge is 0.327 e. The number of hydrogen-bond donors (Lipinski definition) is 3. The van der Waals surface area contributed by atoms with Crippen molar-refractivity contribution >= 4 is 11.9 Å². The Morgan fingerprint density at radius 3 is 2.55 bits per heavy atom. The fourth-order valence-electron chi connectivity index (χ4n) is 4.27. The Hall–Kier alpha value is -2.23. The number of aliphatic hydroxyl groups excluding tert-OH is 1. The Kier molecular flexibility index (Phi) is 8.22. The van der Waals surface area contributed by atoms with Crippen molar-refractivity contribution in [1.82, 2.24) is 25.4 Å². The molecular weight excluding hydrogens is 398 g/mol. The van der Waals surface area contributed by atoms with Crippen LogP contribution in [0.25, 0.3) is 0 Å². The molecule has 0 radical (unpaired) electrons. The second-order valence-electron chi connectivity index (χ2n) is 8.76. The summed E-state index contributed by atoms with van der Waals surface area (Å²) in [6.45, 7) is 5.27. The van der Waals surface area contributed by atoms with Crippen molar-refractivity contribution in [3.8, 4) is 5.75 Å². The third kappa shape index (κ3) is 5.72. The number of nitrogens with zero attached hydrogens (tertiary/aromatic N) is 3. The van der Waals surface area contributed by atoms with Crippen LogP contribution in [-0.2, 0) is 4.79 Å². The molecule has 0 bridgehead atoms. The largest absolute Gasteiger partial charge is 0.492 e. The Balaban J connectivity index is 1.77. The zero-order chi connectivity index (χ0) is 22.4. The van der Waals surface area contributed by atoms with E-state index < -0.39 is 12.2 Å². The van der Waals surface area contributed by atoms with E-state index in [-0.39, 0.29) is 36.5 Å². The standard InChI is InChI=1S/C22H35N5O4/c1-15(2)13-27-20-19(21(29)26(3)22(27)30)24-17(7-5-4-6-12-28)18(25-20)14-31-16-8-10-23-11-9-16/h8-11,15,17-20,24-25,28H,4-7,12-14H2,1-3H3. The lowest BCUT2D eigenvalue weighted by molar-refractivity contribution is -0.138. The van der Waals surface area contributed by atoms with Crippen molar-refractivity contribution in [3.05, 3.63) is 24.5 Å². The first kappa shape index (κ1) is 23.4. The fourth-order valence-corrected chi connectivity index (χ4v) is 4.27. The van der Waals surface area contributed by atoms with E-state index in [9.17, 15) is 9.59 Å². The molecule has 4 unspecified atom stereocenters. The van der Waals surface area contributed by atoms with E-state index in [1.807, 2.05) is 12.1 Å². The number of fused-ring (bicyclic) bond motifs is 1. The molecule has 3 heterocycles. The zero-order valence-corrected chi connectivity index (χ0v) is 18.7. The van der Waals surface area contributed by atoms with Gasteiger partial charge in [0.25, 0.3) is 5.91 Å². The number of carbonyl (C=O) groups excluding carboxylic acids is 2. The van der Waals surface area contributed by atoms with Crippen LogP contribution in [-0.4, -0.2) is 82.9 Å². The minimum Gasteiger partial charge on any atom is -0.492 e. The second kappa shape index (κ2) is 10.9. The van der Waals surface area contributed by atoms with Gasteiger partial charge in [-0.15, -0.1) is 0 Å².